The maximum Gasteiger partial charge on any atom is 0.178 e. The molecule has 1 atom stereocenters. The Kier molecular flexibility index (Phi) is 3.30. The summed E-state index contributed by atoms with van der Waals surface area (Å²) >= 11 is 7.38. The van der Waals surface area contributed by atoms with Gasteiger partial charge >= 0.3 is 0 Å². The SMILES string of the molecule is Cc1ccc2[nH]c(=S)n(C(C)c3cc(C)sc3C)c2c1. The van der Waals surface area contributed by atoms with Gasteiger partial charge in [0.15, 0.2) is 4.77 Å². The molecule has 2 heterocycles. The van der Waals surface area contributed by atoms with Crippen LogP contribution in [-0.4, -0.2) is 9.55 Å². The number of imidazole rings is 1. The van der Waals surface area contributed by atoms with E-state index in [9.17, 15) is 0 Å². The third kappa shape index (κ3) is 2.13. The largest absolute Gasteiger partial charge is 0.331 e. The van der Waals surface area contributed by atoms with Crippen LogP contribution < -0.4 is 0 Å². The first-order valence-corrected chi connectivity index (χ1v) is 7.97. The van der Waals surface area contributed by atoms with E-state index in [1.165, 1.54) is 26.4 Å². The normalized spacial score (nSPS) is 13.0. The van der Waals surface area contributed by atoms with Crippen molar-refractivity contribution >= 4 is 34.6 Å². The van der Waals surface area contributed by atoms with Crippen LogP contribution in [0.25, 0.3) is 11.0 Å². The summed E-state index contributed by atoms with van der Waals surface area (Å²) in [5, 5.41) is 0. The highest BCUT2D eigenvalue weighted by atomic mass is 32.1. The van der Waals surface area contributed by atoms with Crippen LogP contribution in [0, 0.1) is 25.5 Å². The Balaban J connectivity index is 2.23. The summed E-state index contributed by atoms with van der Waals surface area (Å²) in [5.41, 5.74) is 4.92. The Morgan fingerprint density at radius 2 is 1.95 bits per heavy atom. The summed E-state index contributed by atoms with van der Waals surface area (Å²) in [6, 6.07) is 8.95. The van der Waals surface area contributed by atoms with Crippen LogP contribution in [0.15, 0.2) is 24.3 Å². The highest BCUT2D eigenvalue weighted by Gasteiger charge is 2.16. The van der Waals surface area contributed by atoms with Gasteiger partial charge in [-0.25, -0.2) is 0 Å². The number of fused-ring (bicyclic) bond motifs is 1. The van der Waals surface area contributed by atoms with Crippen molar-refractivity contribution in [3.8, 4) is 0 Å². The van der Waals surface area contributed by atoms with Crippen molar-refractivity contribution in [2.45, 2.75) is 33.7 Å². The highest BCUT2D eigenvalue weighted by Crippen LogP contribution is 2.31. The first kappa shape index (κ1) is 13.6. The summed E-state index contributed by atoms with van der Waals surface area (Å²) in [5.74, 6) is 0. The first-order chi connectivity index (χ1) is 9.47. The van der Waals surface area contributed by atoms with Crippen molar-refractivity contribution in [1.29, 1.82) is 0 Å². The van der Waals surface area contributed by atoms with Gasteiger partial charge in [-0.2, -0.15) is 0 Å². The molecule has 0 radical (unpaired) electrons. The molecule has 0 saturated carbocycles. The van der Waals surface area contributed by atoms with E-state index in [1.807, 2.05) is 11.3 Å². The molecule has 2 nitrogen and oxygen atoms in total. The lowest BCUT2D eigenvalue weighted by molar-refractivity contribution is 0.648. The molecular formula is C16H18N2S2. The maximum absolute atomic E-state index is 5.53. The molecular weight excluding hydrogens is 284 g/mol. The van der Waals surface area contributed by atoms with Crippen molar-refractivity contribution in [1.82, 2.24) is 9.55 Å². The van der Waals surface area contributed by atoms with Crippen LogP contribution >= 0.6 is 23.6 Å². The molecule has 3 rings (SSSR count). The molecule has 1 aromatic carbocycles. The standard InChI is InChI=1S/C16H18N2S2/c1-9-5-6-14-15(7-9)18(16(19)17-14)11(3)13-8-10(2)20-12(13)4/h5-8,11H,1-4H3,(H,17,19). The van der Waals surface area contributed by atoms with Gasteiger partial charge in [0, 0.05) is 9.75 Å². The minimum absolute atomic E-state index is 0.253. The van der Waals surface area contributed by atoms with Crippen molar-refractivity contribution in [3.63, 3.8) is 0 Å². The van der Waals surface area contributed by atoms with E-state index < -0.39 is 0 Å². The molecule has 0 bridgehead atoms. The Morgan fingerprint density at radius 3 is 2.60 bits per heavy atom. The molecule has 2 aromatic heterocycles. The highest BCUT2D eigenvalue weighted by molar-refractivity contribution is 7.71. The number of benzene rings is 1. The van der Waals surface area contributed by atoms with Gasteiger partial charge in [0.05, 0.1) is 17.1 Å². The maximum atomic E-state index is 5.53. The molecule has 0 saturated heterocycles. The predicted molar refractivity (Wildman–Crippen MR) is 89.5 cm³/mol. The summed E-state index contributed by atoms with van der Waals surface area (Å²) in [6.07, 6.45) is 0. The average molecular weight is 302 g/mol. The molecule has 104 valence electrons. The van der Waals surface area contributed by atoms with Crippen LogP contribution in [0.2, 0.25) is 0 Å². The zero-order valence-electron chi connectivity index (χ0n) is 12.2. The Morgan fingerprint density at radius 1 is 1.20 bits per heavy atom. The van der Waals surface area contributed by atoms with Crippen molar-refractivity contribution in [2.24, 2.45) is 0 Å². The molecule has 1 unspecified atom stereocenters. The van der Waals surface area contributed by atoms with E-state index in [0.29, 0.717) is 0 Å². The van der Waals surface area contributed by atoms with E-state index in [-0.39, 0.29) is 6.04 Å². The van der Waals surface area contributed by atoms with Crippen LogP contribution in [0.5, 0.6) is 0 Å². The van der Waals surface area contributed by atoms with Gasteiger partial charge in [-0.1, -0.05) is 6.07 Å². The van der Waals surface area contributed by atoms with E-state index in [1.54, 1.807) is 0 Å². The van der Waals surface area contributed by atoms with Crippen molar-refractivity contribution < 1.29 is 0 Å². The molecule has 4 heteroatoms. The second kappa shape index (κ2) is 4.86. The fraction of sp³-hybridized carbons (Fsp3) is 0.312. The lowest BCUT2D eigenvalue weighted by Gasteiger charge is -2.15. The Bertz CT molecular complexity index is 836. The van der Waals surface area contributed by atoms with Gasteiger partial charge in [-0.05, 0) is 69.2 Å². The number of nitrogens with zero attached hydrogens (tertiary/aromatic N) is 1. The van der Waals surface area contributed by atoms with Gasteiger partial charge in [0.2, 0.25) is 0 Å². The van der Waals surface area contributed by atoms with Crippen LogP contribution in [-0.2, 0) is 0 Å². The minimum atomic E-state index is 0.253. The lowest BCUT2D eigenvalue weighted by Crippen LogP contribution is -2.07. The van der Waals surface area contributed by atoms with E-state index in [4.69, 9.17) is 12.2 Å². The number of hydrogen-bond donors (Lipinski definition) is 1. The molecule has 0 fully saturated rings. The van der Waals surface area contributed by atoms with Gasteiger partial charge < -0.3 is 9.55 Å². The molecule has 1 N–H and O–H groups in total. The summed E-state index contributed by atoms with van der Waals surface area (Å²) in [7, 11) is 0. The zero-order valence-corrected chi connectivity index (χ0v) is 13.8. The topological polar surface area (TPSA) is 20.7 Å². The molecule has 0 amide bonds. The average Bonchev–Trinajstić information content (AvgIpc) is 2.87. The van der Waals surface area contributed by atoms with Crippen molar-refractivity contribution in [3.05, 3.63) is 49.9 Å². The lowest BCUT2D eigenvalue weighted by atomic mass is 10.1. The van der Waals surface area contributed by atoms with Gasteiger partial charge in [-0.15, -0.1) is 11.3 Å². The number of aryl methyl sites for hydroxylation is 3. The quantitative estimate of drug-likeness (QED) is 0.637. The zero-order chi connectivity index (χ0) is 14.4. The third-order valence-electron chi connectivity index (χ3n) is 3.79. The predicted octanol–water partition coefficient (Wildman–Crippen LogP) is 5.29. The molecule has 0 spiro atoms. The number of rotatable bonds is 2. The van der Waals surface area contributed by atoms with Crippen LogP contribution in [0.3, 0.4) is 0 Å². The fourth-order valence-electron chi connectivity index (χ4n) is 2.82. The number of H-pyrrole nitrogens is 1. The Hall–Kier alpha value is -1.39. The third-order valence-corrected chi connectivity index (χ3v) is 5.07. The molecule has 3 aromatic rings. The Labute approximate surface area is 128 Å². The number of aromatic amines is 1. The molecule has 0 aliphatic carbocycles. The minimum Gasteiger partial charge on any atom is -0.331 e. The molecule has 0 aliphatic rings. The second-order valence-corrected chi connectivity index (χ2v) is 7.21. The summed E-state index contributed by atoms with van der Waals surface area (Å²) in [6.45, 7) is 8.68. The number of hydrogen-bond acceptors (Lipinski definition) is 2. The first-order valence-electron chi connectivity index (χ1n) is 6.75. The number of nitrogens with one attached hydrogen (secondary N) is 1. The summed E-state index contributed by atoms with van der Waals surface area (Å²) in [4.78, 5) is 6.04. The van der Waals surface area contributed by atoms with Crippen molar-refractivity contribution in [2.75, 3.05) is 0 Å². The molecule has 20 heavy (non-hydrogen) atoms. The van der Waals surface area contributed by atoms with Crippen LogP contribution in [0.1, 0.15) is 33.8 Å². The number of thiophene rings is 1. The van der Waals surface area contributed by atoms with E-state index in [0.717, 1.165) is 10.3 Å². The van der Waals surface area contributed by atoms with Crippen LogP contribution in [0.4, 0.5) is 0 Å². The number of aromatic nitrogens is 2. The molecule has 0 aliphatic heterocycles. The fourth-order valence-corrected chi connectivity index (χ4v) is 4.20. The van der Waals surface area contributed by atoms with E-state index >= 15 is 0 Å². The van der Waals surface area contributed by atoms with E-state index in [2.05, 4.69) is 61.5 Å². The summed E-state index contributed by atoms with van der Waals surface area (Å²) < 4.78 is 3.02. The van der Waals surface area contributed by atoms with Gasteiger partial charge in [0.25, 0.3) is 0 Å². The monoisotopic (exact) mass is 302 g/mol. The smallest absolute Gasteiger partial charge is 0.178 e. The second-order valence-electron chi connectivity index (χ2n) is 5.37. The van der Waals surface area contributed by atoms with Gasteiger partial charge in [0.1, 0.15) is 0 Å². The van der Waals surface area contributed by atoms with Gasteiger partial charge in [-0.3, -0.25) is 0 Å².